The van der Waals surface area contributed by atoms with Gasteiger partial charge in [0.1, 0.15) is 5.75 Å². The Morgan fingerprint density at radius 3 is 2.85 bits per heavy atom. The summed E-state index contributed by atoms with van der Waals surface area (Å²) in [5.74, 6) is 6.58. The minimum Gasteiger partial charge on any atom is -0.495 e. The van der Waals surface area contributed by atoms with Crippen molar-refractivity contribution in [2.45, 2.75) is 0 Å². The average Bonchev–Trinajstić information content (AvgIpc) is 2.16. The van der Waals surface area contributed by atoms with E-state index in [2.05, 4.69) is 11.8 Å². The van der Waals surface area contributed by atoms with Crippen LogP contribution >= 0.6 is 23.2 Å². The number of hydrogen-bond donors (Lipinski definition) is 0. The summed E-state index contributed by atoms with van der Waals surface area (Å²) in [5.41, 5.74) is 0.849. The maximum absolute atomic E-state index is 5.83. The van der Waals surface area contributed by atoms with Gasteiger partial charge < -0.3 is 4.74 Å². The number of methoxy groups -OCH3 is 1. The van der Waals surface area contributed by atoms with Crippen LogP contribution in [0, 0.1) is 11.8 Å². The maximum atomic E-state index is 5.83. The Hall–Kier alpha value is -0.840. The zero-order valence-electron chi connectivity index (χ0n) is 7.10. The van der Waals surface area contributed by atoms with Crippen molar-refractivity contribution in [3.63, 3.8) is 0 Å². The molecule has 0 saturated carbocycles. The number of rotatable bonds is 1. The molecular formula is C10H8Cl2O. The molecule has 0 amide bonds. The Labute approximate surface area is 87.6 Å². The standard InChI is InChI=1S/C10H8Cl2O/c1-13-10-7-8(3-2-6-11)4-5-9(10)12/h4-5,7H,6H2,1H3. The first kappa shape index (κ1) is 10.2. The molecule has 0 N–H and O–H groups in total. The Morgan fingerprint density at radius 1 is 1.46 bits per heavy atom. The van der Waals surface area contributed by atoms with Crippen molar-refractivity contribution in [2.24, 2.45) is 0 Å². The molecule has 3 heteroatoms. The largest absolute Gasteiger partial charge is 0.495 e. The van der Waals surface area contributed by atoms with Gasteiger partial charge in [-0.15, -0.1) is 11.6 Å². The average molecular weight is 215 g/mol. The van der Waals surface area contributed by atoms with Gasteiger partial charge in [0.2, 0.25) is 0 Å². The fourth-order valence-electron chi connectivity index (χ4n) is 0.873. The molecule has 1 rings (SSSR count). The van der Waals surface area contributed by atoms with Gasteiger partial charge in [0.25, 0.3) is 0 Å². The van der Waals surface area contributed by atoms with Crippen LogP contribution in [0.1, 0.15) is 5.56 Å². The normalized spacial score (nSPS) is 8.85. The van der Waals surface area contributed by atoms with Crippen LogP contribution in [0.25, 0.3) is 0 Å². The highest BCUT2D eigenvalue weighted by Crippen LogP contribution is 2.24. The first-order chi connectivity index (χ1) is 6.27. The lowest BCUT2D eigenvalue weighted by Crippen LogP contribution is -1.85. The minimum atomic E-state index is 0.324. The zero-order chi connectivity index (χ0) is 9.68. The van der Waals surface area contributed by atoms with Crippen molar-refractivity contribution in [2.75, 3.05) is 13.0 Å². The highest BCUT2D eigenvalue weighted by atomic mass is 35.5. The molecule has 0 heterocycles. The Balaban J connectivity index is 2.99. The quantitative estimate of drug-likeness (QED) is 0.517. The van der Waals surface area contributed by atoms with E-state index in [9.17, 15) is 0 Å². The number of benzene rings is 1. The molecule has 0 bridgehead atoms. The lowest BCUT2D eigenvalue weighted by atomic mass is 10.2. The highest BCUT2D eigenvalue weighted by molar-refractivity contribution is 6.32. The van der Waals surface area contributed by atoms with Crippen molar-refractivity contribution in [1.29, 1.82) is 0 Å². The molecule has 0 spiro atoms. The summed E-state index contributed by atoms with van der Waals surface area (Å²) in [7, 11) is 1.57. The van der Waals surface area contributed by atoms with Crippen LogP contribution < -0.4 is 4.74 Å². The molecule has 0 unspecified atom stereocenters. The van der Waals surface area contributed by atoms with E-state index in [-0.39, 0.29) is 0 Å². The molecule has 0 saturated heterocycles. The highest BCUT2D eigenvalue weighted by Gasteiger charge is 1.99. The fraction of sp³-hybridized carbons (Fsp3) is 0.200. The van der Waals surface area contributed by atoms with Gasteiger partial charge in [0, 0.05) is 5.56 Å². The topological polar surface area (TPSA) is 9.23 Å². The van der Waals surface area contributed by atoms with E-state index in [1.165, 1.54) is 0 Å². The fourth-order valence-corrected chi connectivity index (χ4v) is 1.13. The first-order valence-corrected chi connectivity index (χ1v) is 4.57. The van der Waals surface area contributed by atoms with Gasteiger partial charge in [-0.05, 0) is 18.2 Å². The number of ether oxygens (including phenoxy) is 1. The Kier molecular flexibility index (Phi) is 3.95. The molecule has 0 atom stereocenters. The van der Waals surface area contributed by atoms with Gasteiger partial charge in [-0.2, -0.15) is 0 Å². The van der Waals surface area contributed by atoms with E-state index >= 15 is 0 Å². The van der Waals surface area contributed by atoms with Crippen LogP contribution in [0.15, 0.2) is 18.2 Å². The van der Waals surface area contributed by atoms with Crippen LogP contribution in [-0.4, -0.2) is 13.0 Å². The third kappa shape index (κ3) is 2.84. The van der Waals surface area contributed by atoms with E-state index in [1.807, 2.05) is 6.07 Å². The van der Waals surface area contributed by atoms with Crippen molar-refractivity contribution in [3.8, 4) is 17.6 Å². The van der Waals surface area contributed by atoms with Gasteiger partial charge >= 0.3 is 0 Å². The summed E-state index contributed by atoms with van der Waals surface area (Å²) < 4.78 is 5.03. The monoisotopic (exact) mass is 214 g/mol. The molecular weight excluding hydrogens is 207 g/mol. The first-order valence-electron chi connectivity index (χ1n) is 3.66. The summed E-state index contributed by atoms with van der Waals surface area (Å²) in [6, 6.07) is 5.35. The lowest BCUT2D eigenvalue weighted by Gasteiger charge is -2.01. The zero-order valence-corrected chi connectivity index (χ0v) is 8.62. The van der Waals surface area contributed by atoms with Crippen LogP contribution in [-0.2, 0) is 0 Å². The van der Waals surface area contributed by atoms with E-state index in [1.54, 1.807) is 19.2 Å². The third-order valence-corrected chi connectivity index (χ3v) is 1.90. The molecule has 1 aromatic carbocycles. The van der Waals surface area contributed by atoms with Gasteiger partial charge in [0.15, 0.2) is 0 Å². The number of hydrogen-bond acceptors (Lipinski definition) is 1. The predicted molar refractivity (Wildman–Crippen MR) is 55.6 cm³/mol. The second-order valence-corrected chi connectivity index (χ2v) is 2.96. The van der Waals surface area contributed by atoms with Crippen LogP contribution in [0.3, 0.4) is 0 Å². The van der Waals surface area contributed by atoms with Crippen LogP contribution in [0.2, 0.25) is 5.02 Å². The summed E-state index contributed by atoms with van der Waals surface area (Å²) in [4.78, 5) is 0. The molecule has 0 fully saturated rings. The minimum absolute atomic E-state index is 0.324. The lowest BCUT2D eigenvalue weighted by molar-refractivity contribution is 0.415. The van der Waals surface area contributed by atoms with E-state index in [0.29, 0.717) is 16.7 Å². The summed E-state index contributed by atoms with van der Waals surface area (Å²) in [6.45, 7) is 0. The van der Waals surface area contributed by atoms with Crippen LogP contribution in [0.5, 0.6) is 5.75 Å². The van der Waals surface area contributed by atoms with Crippen molar-refractivity contribution >= 4 is 23.2 Å². The van der Waals surface area contributed by atoms with Gasteiger partial charge in [0.05, 0.1) is 18.0 Å². The molecule has 0 aliphatic rings. The summed E-state index contributed by atoms with van der Waals surface area (Å²) >= 11 is 11.3. The van der Waals surface area contributed by atoms with E-state index in [4.69, 9.17) is 27.9 Å². The molecule has 1 aromatic rings. The number of alkyl halides is 1. The molecule has 0 radical (unpaired) electrons. The van der Waals surface area contributed by atoms with Crippen molar-refractivity contribution in [3.05, 3.63) is 28.8 Å². The molecule has 1 nitrogen and oxygen atoms in total. The van der Waals surface area contributed by atoms with Gasteiger partial charge in [-0.1, -0.05) is 23.4 Å². The molecule has 13 heavy (non-hydrogen) atoms. The summed E-state index contributed by atoms with van der Waals surface area (Å²) in [6.07, 6.45) is 0. The SMILES string of the molecule is COc1cc(C#CCCl)ccc1Cl. The predicted octanol–water partition coefficient (Wildman–Crippen LogP) is 2.94. The Bertz CT molecular complexity index is 350. The number of halogens is 2. The maximum Gasteiger partial charge on any atom is 0.138 e. The second kappa shape index (κ2) is 5.01. The van der Waals surface area contributed by atoms with Crippen molar-refractivity contribution < 1.29 is 4.74 Å². The van der Waals surface area contributed by atoms with Gasteiger partial charge in [-0.3, -0.25) is 0 Å². The van der Waals surface area contributed by atoms with Gasteiger partial charge in [-0.25, -0.2) is 0 Å². The smallest absolute Gasteiger partial charge is 0.138 e. The summed E-state index contributed by atoms with van der Waals surface area (Å²) in [5, 5.41) is 0.582. The van der Waals surface area contributed by atoms with Crippen LogP contribution in [0.4, 0.5) is 0 Å². The molecule has 68 valence electrons. The molecule has 0 aromatic heterocycles. The Morgan fingerprint density at radius 2 is 2.23 bits per heavy atom. The van der Waals surface area contributed by atoms with E-state index < -0.39 is 0 Å². The van der Waals surface area contributed by atoms with E-state index in [0.717, 1.165) is 5.56 Å². The van der Waals surface area contributed by atoms with Crippen molar-refractivity contribution in [1.82, 2.24) is 0 Å². The molecule has 0 aliphatic carbocycles. The third-order valence-electron chi connectivity index (χ3n) is 1.45. The second-order valence-electron chi connectivity index (χ2n) is 2.28. The molecule has 0 aliphatic heterocycles.